The van der Waals surface area contributed by atoms with Crippen LogP contribution in [0.4, 0.5) is 0 Å². The number of amides is 1. The van der Waals surface area contributed by atoms with Crippen LogP contribution in [0.2, 0.25) is 0 Å². The van der Waals surface area contributed by atoms with Crippen LogP contribution in [0.15, 0.2) is 40.6 Å². The lowest BCUT2D eigenvalue weighted by molar-refractivity contribution is 0.0607. The van der Waals surface area contributed by atoms with Gasteiger partial charge in [-0.05, 0) is 43.7 Å². The molecule has 7 nitrogen and oxygen atoms in total. The molecule has 1 fully saturated rings. The third kappa shape index (κ3) is 3.64. The molecule has 0 aromatic carbocycles. The Morgan fingerprint density at radius 2 is 2.14 bits per heavy atom. The minimum absolute atomic E-state index is 0.0140. The number of aromatic nitrogens is 4. The first kappa shape index (κ1) is 19.6. The van der Waals surface area contributed by atoms with Crippen LogP contribution in [0.1, 0.15) is 42.4 Å². The number of nitrogens with zero attached hydrogens (tertiary/aromatic N) is 5. The van der Waals surface area contributed by atoms with Gasteiger partial charge in [-0.15, -0.1) is 11.3 Å². The molecule has 4 heterocycles. The molecule has 8 heteroatoms. The van der Waals surface area contributed by atoms with E-state index in [1.165, 1.54) is 0 Å². The molecule has 0 radical (unpaired) electrons. The predicted molar refractivity (Wildman–Crippen MR) is 113 cm³/mol. The molecule has 0 unspecified atom stereocenters. The van der Waals surface area contributed by atoms with Gasteiger partial charge in [0.05, 0.1) is 22.7 Å². The summed E-state index contributed by atoms with van der Waals surface area (Å²) in [4.78, 5) is 28.4. The maximum Gasteiger partial charge on any atom is 0.267 e. The quantitative estimate of drug-likeness (QED) is 0.661. The standard InChI is InChI=1S/C21H25N5O2S/c1-4-25-15(3)16(12-22-25)21(28)24-10-9-18(14(2)13-24)26-20(27)8-7-17(23-26)19-6-5-11-29-19/h5-8,11-12,14,18H,4,9-10,13H2,1-3H3/t14-,18-/m0/s1. The summed E-state index contributed by atoms with van der Waals surface area (Å²) < 4.78 is 3.45. The summed E-state index contributed by atoms with van der Waals surface area (Å²) in [5.74, 6) is 0.137. The summed E-state index contributed by atoms with van der Waals surface area (Å²) in [5.41, 5.74) is 2.27. The highest BCUT2D eigenvalue weighted by molar-refractivity contribution is 7.13. The summed E-state index contributed by atoms with van der Waals surface area (Å²) in [6.07, 6.45) is 2.36. The van der Waals surface area contributed by atoms with Gasteiger partial charge in [-0.25, -0.2) is 4.68 Å². The average Bonchev–Trinajstić information content (AvgIpc) is 3.38. The first-order valence-electron chi connectivity index (χ1n) is 9.95. The van der Waals surface area contributed by atoms with Crippen LogP contribution in [-0.2, 0) is 6.54 Å². The van der Waals surface area contributed by atoms with Crippen LogP contribution < -0.4 is 5.56 Å². The number of piperidine rings is 1. The molecule has 3 aromatic rings. The fourth-order valence-corrected chi connectivity index (χ4v) is 4.74. The van der Waals surface area contributed by atoms with Gasteiger partial charge in [0.2, 0.25) is 0 Å². The van der Waals surface area contributed by atoms with Crippen molar-refractivity contribution in [2.24, 2.45) is 5.92 Å². The molecule has 1 aliphatic rings. The molecule has 0 N–H and O–H groups in total. The van der Waals surface area contributed by atoms with Crippen LogP contribution in [0.5, 0.6) is 0 Å². The molecule has 2 atom stereocenters. The smallest absolute Gasteiger partial charge is 0.267 e. The minimum atomic E-state index is -0.0954. The van der Waals surface area contributed by atoms with Gasteiger partial charge in [-0.2, -0.15) is 10.2 Å². The van der Waals surface area contributed by atoms with Crippen molar-refractivity contribution in [3.8, 4) is 10.6 Å². The van der Waals surface area contributed by atoms with Gasteiger partial charge >= 0.3 is 0 Å². The molecule has 0 bridgehead atoms. The number of thiophene rings is 1. The summed E-state index contributed by atoms with van der Waals surface area (Å²) in [6.45, 7) is 7.96. The number of aryl methyl sites for hydroxylation is 1. The second kappa shape index (κ2) is 7.94. The lowest BCUT2D eigenvalue weighted by Gasteiger charge is -2.37. The lowest BCUT2D eigenvalue weighted by atomic mass is 9.93. The Bertz CT molecular complexity index is 1070. The maximum absolute atomic E-state index is 13.0. The van der Waals surface area contributed by atoms with Crippen LogP contribution in [0, 0.1) is 12.8 Å². The van der Waals surface area contributed by atoms with Crippen molar-refractivity contribution >= 4 is 17.2 Å². The predicted octanol–water partition coefficient (Wildman–Crippen LogP) is 3.22. The van der Waals surface area contributed by atoms with Crippen molar-refractivity contribution in [2.45, 2.75) is 39.8 Å². The zero-order valence-electron chi connectivity index (χ0n) is 16.9. The number of rotatable bonds is 4. The van der Waals surface area contributed by atoms with Crippen LogP contribution >= 0.6 is 11.3 Å². The Kier molecular flexibility index (Phi) is 5.36. The average molecular weight is 412 g/mol. The molecule has 3 aromatic heterocycles. The highest BCUT2D eigenvalue weighted by atomic mass is 32.1. The van der Waals surface area contributed by atoms with Crippen molar-refractivity contribution in [1.82, 2.24) is 24.5 Å². The summed E-state index contributed by atoms with van der Waals surface area (Å²) >= 11 is 1.61. The van der Waals surface area contributed by atoms with E-state index >= 15 is 0 Å². The lowest BCUT2D eigenvalue weighted by Crippen LogP contribution is -2.45. The highest BCUT2D eigenvalue weighted by Crippen LogP contribution is 2.29. The Labute approximate surface area is 173 Å². The van der Waals surface area contributed by atoms with E-state index < -0.39 is 0 Å². The van der Waals surface area contributed by atoms with E-state index in [4.69, 9.17) is 0 Å². The van der Waals surface area contributed by atoms with Gasteiger partial charge in [-0.1, -0.05) is 13.0 Å². The highest BCUT2D eigenvalue weighted by Gasteiger charge is 2.32. The van der Waals surface area contributed by atoms with Crippen molar-refractivity contribution in [1.29, 1.82) is 0 Å². The third-order valence-corrected chi connectivity index (χ3v) is 6.59. The van der Waals surface area contributed by atoms with E-state index in [0.29, 0.717) is 25.1 Å². The second-order valence-corrected chi connectivity index (χ2v) is 8.47. The van der Waals surface area contributed by atoms with E-state index in [0.717, 1.165) is 22.8 Å². The first-order valence-corrected chi connectivity index (χ1v) is 10.8. The van der Waals surface area contributed by atoms with Crippen LogP contribution in [-0.4, -0.2) is 43.5 Å². The largest absolute Gasteiger partial charge is 0.338 e. The molecular formula is C21H25N5O2S. The van der Waals surface area contributed by atoms with Crippen LogP contribution in [0.25, 0.3) is 10.6 Å². The Balaban J connectivity index is 1.54. The normalized spacial score (nSPS) is 19.5. The molecule has 1 amide bonds. The monoisotopic (exact) mass is 411 g/mol. The SMILES string of the molecule is CCn1ncc(C(=O)N2CC[C@H](n3nc(-c4cccs4)ccc3=O)[C@@H](C)C2)c1C. The first-order chi connectivity index (χ1) is 14.0. The van der Waals surface area contributed by atoms with Crippen molar-refractivity contribution < 1.29 is 4.79 Å². The molecule has 0 aliphatic carbocycles. The molecule has 152 valence electrons. The summed E-state index contributed by atoms with van der Waals surface area (Å²) in [6, 6.07) is 7.33. The maximum atomic E-state index is 13.0. The Hall–Kier alpha value is -2.74. The Morgan fingerprint density at radius 3 is 2.79 bits per heavy atom. The molecular weight excluding hydrogens is 386 g/mol. The number of hydrogen-bond acceptors (Lipinski definition) is 5. The molecule has 1 aliphatic heterocycles. The van der Waals surface area contributed by atoms with E-state index in [-0.39, 0.29) is 23.4 Å². The van der Waals surface area contributed by atoms with Crippen molar-refractivity contribution in [3.63, 3.8) is 0 Å². The zero-order chi connectivity index (χ0) is 20.5. The van der Waals surface area contributed by atoms with Crippen molar-refractivity contribution in [2.75, 3.05) is 13.1 Å². The molecule has 4 rings (SSSR count). The molecule has 0 saturated carbocycles. The summed E-state index contributed by atoms with van der Waals surface area (Å²) in [5, 5.41) is 10.9. The number of hydrogen-bond donors (Lipinski definition) is 0. The van der Waals surface area contributed by atoms with E-state index in [1.807, 2.05) is 40.9 Å². The fourth-order valence-electron chi connectivity index (χ4n) is 4.05. The van der Waals surface area contributed by atoms with Gasteiger partial charge in [0.15, 0.2) is 0 Å². The zero-order valence-corrected chi connectivity index (χ0v) is 17.7. The second-order valence-electron chi connectivity index (χ2n) is 7.52. The number of carbonyl (C=O) groups is 1. The number of likely N-dealkylation sites (tertiary alicyclic amines) is 1. The van der Waals surface area contributed by atoms with Crippen LogP contribution in [0.3, 0.4) is 0 Å². The molecule has 1 saturated heterocycles. The summed E-state index contributed by atoms with van der Waals surface area (Å²) in [7, 11) is 0. The minimum Gasteiger partial charge on any atom is -0.338 e. The van der Waals surface area contributed by atoms with Gasteiger partial charge in [0.25, 0.3) is 11.5 Å². The van der Waals surface area contributed by atoms with Gasteiger partial charge in [-0.3, -0.25) is 14.3 Å². The van der Waals surface area contributed by atoms with Gasteiger partial charge < -0.3 is 4.90 Å². The van der Waals surface area contributed by atoms with Gasteiger partial charge in [0, 0.05) is 31.4 Å². The number of carbonyl (C=O) groups excluding carboxylic acids is 1. The molecule has 0 spiro atoms. The fraction of sp³-hybridized carbons (Fsp3) is 0.429. The van der Waals surface area contributed by atoms with Crippen molar-refractivity contribution in [3.05, 3.63) is 57.5 Å². The van der Waals surface area contributed by atoms with E-state index in [2.05, 4.69) is 17.1 Å². The Morgan fingerprint density at radius 1 is 1.31 bits per heavy atom. The van der Waals surface area contributed by atoms with E-state index in [1.54, 1.807) is 34.3 Å². The van der Waals surface area contributed by atoms with Gasteiger partial charge in [0.1, 0.15) is 5.69 Å². The third-order valence-electron chi connectivity index (χ3n) is 5.69. The molecule has 29 heavy (non-hydrogen) atoms. The topological polar surface area (TPSA) is 73.0 Å². The van der Waals surface area contributed by atoms with E-state index in [9.17, 15) is 9.59 Å².